The molecule has 3 heterocycles. The number of aromatic nitrogens is 3. The normalized spacial score (nSPS) is 19.1. The van der Waals surface area contributed by atoms with E-state index in [0.717, 1.165) is 64.7 Å². The Morgan fingerprint density at radius 1 is 1.24 bits per heavy atom. The average Bonchev–Trinajstić information content (AvgIpc) is 3.50. The van der Waals surface area contributed by atoms with Gasteiger partial charge < -0.3 is 15.6 Å². The van der Waals surface area contributed by atoms with Gasteiger partial charge in [-0.25, -0.2) is 13.9 Å². The predicted octanol–water partition coefficient (Wildman–Crippen LogP) is 4.11. The molecule has 1 saturated heterocycles. The molecule has 2 aliphatic rings. The van der Waals surface area contributed by atoms with Gasteiger partial charge in [-0.1, -0.05) is 18.7 Å². The highest BCUT2D eigenvalue weighted by atomic mass is 32.2. The summed E-state index contributed by atoms with van der Waals surface area (Å²) in [4.78, 5) is 21.0. The molecule has 3 N–H and O–H groups in total. The Balaban J connectivity index is 1.61. The minimum absolute atomic E-state index is 0.0762. The fraction of sp³-hybridized carbons (Fsp3) is 0.393. The van der Waals surface area contributed by atoms with Crippen molar-refractivity contribution in [2.75, 3.05) is 24.1 Å². The SMILES string of the molecule is C=C(C)C(=O)Nc1ccc(-c2c(C3=CC[C@@H]([N+]4([SH](=O)=O)CCCC4)CC3)c3c(N)ncnc3n2C)c(C)c1. The van der Waals surface area contributed by atoms with Crippen LogP contribution in [-0.2, 0) is 22.7 Å². The second kappa shape index (κ2) is 9.99. The Morgan fingerprint density at radius 2 is 1.97 bits per heavy atom. The first-order chi connectivity index (χ1) is 18.1. The molecule has 0 bridgehead atoms. The molecule has 0 radical (unpaired) electrons. The summed E-state index contributed by atoms with van der Waals surface area (Å²) in [6.07, 6.45) is 7.84. The Labute approximate surface area is 224 Å². The Morgan fingerprint density at radius 3 is 2.58 bits per heavy atom. The van der Waals surface area contributed by atoms with Crippen LogP contribution in [0.4, 0.5) is 11.5 Å². The molecule has 1 aromatic carbocycles. The van der Waals surface area contributed by atoms with Crippen molar-refractivity contribution < 1.29 is 17.1 Å². The standard InChI is InChI=1S/C28H34N6O3S/c1-17(2)28(35)32-20-9-12-22(18(3)15-20)25-23(24-26(29)30-16-31-27(24)33(25)4)19-7-10-21(11-8-19)34(38(36)37)13-5-6-14-34/h7,9,12,15-16,21,38H,1,5-6,8,10-11,13-14H2,2-4H3,(H2-,29,30,31,32,35)/p+1/t21-/m1/s1. The number of nitrogens with two attached hydrogens (primary N) is 1. The number of nitrogens with zero attached hydrogens (tertiary/aromatic N) is 4. The smallest absolute Gasteiger partial charge is 0.287 e. The zero-order valence-electron chi connectivity index (χ0n) is 22.2. The highest BCUT2D eigenvalue weighted by Crippen LogP contribution is 2.44. The van der Waals surface area contributed by atoms with Crippen molar-refractivity contribution in [1.29, 1.82) is 0 Å². The molecule has 5 rings (SSSR count). The summed E-state index contributed by atoms with van der Waals surface area (Å²) >= 11 is 0. The first kappa shape index (κ1) is 26.1. The van der Waals surface area contributed by atoms with Crippen molar-refractivity contribution in [3.63, 3.8) is 0 Å². The van der Waals surface area contributed by atoms with Crippen LogP contribution in [0.3, 0.4) is 0 Å². The van der Waals surface area contributed by atoms with Gasteiger partial charge in [0.1, 0.15) is 23.8 Å². The van der Waals surface area contributed by atoms with Crippen molar-refractivity contribution in [2.45, 2.75) is 52.0 Å². The van der Waals surface area contributed by atoms with Gasteiger partial charge in [0.05, 0.1) is 24.2 Å². The minimum Gasteiger partial charge on any atom is -0.383 e. The number of rotatable bonds is 6. The van der Waals surface area contributed by atoms with Gasteiger partial charge in [0.2, 0.25) is 0 Å². The lowest BCUT2D eigenvalue weighted by Crippen LogP contribution is -2.52. The molecule has 1 aliphatic carbocycles. The maximum Gasteiger partial charge on any atom is 0.287 e. The first-order valence-electron chi connectivity index (χ1n) is 13.0. The molecule has 1 atom stereocenters. The van der Waals surface area contributed by atoms with Gasteiger partial charge in [0.25, 0.3) is 16.8 Å². The number of thiol groups is 1. The number of likely N-dealkylation sites (tertiary alicyclic amines) is 1. The lowest BCUT2D eigenvalue weighted by Gasteiger charge is -2.37. The Hall–Kier alpha value is -3.50. The third-order valence-corrected chi connectivity index (χ3v) is 9.55. The molecule has 1 aliphatic heterocycles. The van der Waals surface area contributed by atoms with E-state index in [2.05, 4.69) is 27.9 Å². The fourth-order valence-electron chi connectivity index (χ4n) is 6.18. The van der Waals surface area contributed by atoms with E-state index >= 15 is 0 Å². The monoisotopic (exact) mass is 535 g/mol. The zero-order chi connectivity index (χ0) is 27.2. The number of aryl methyl sites for hydroxylation is 2. The second-order valence-electron chi connectivity index (χ2n) is 10.5. The van der Waals surface area contributed by atoms with Crippen molar-refractivity contribution in [2.24, 2.45) is 7.05 Å². The number of carbonyl (C=O) groups is 1. The fourth-order valence-corrected chi connectivity index (χ4v) is 7.26. The number of quaternary nitrogens is 1. The molecule has 9 nitrogen and oxygen atoms in total. The highest BCUT2D eigenvalue weighted by molar-refractivity contribution is 7.66. The van der Waals surface area contributed by atoms with E-state index in [4.69, 9.17) is 5.73 Å². The lowest BCUT2D eigenvalue weighted by molar-refractivity contribution is -0.816. The van der Waals surface area contributed by atoms with E-state index in [0.29, 0.717) is 36.6 Å². The average molecular weight is 536 g/mol. The third kappa shape index (κ3) is 4.31. The number of benzene rings is 1. The summed E-state index contributed by atoms with van der Waals surface area (Å²) in [5, 5.41) is 3.70. The quantitative estimate of drug-likeness (QED) is 0.248. The molecule has 10 heteroatoms. The summed E-state index contributed by atoms with van der Waals surface area (Å²) < 4.78 is 26.9. The third-order valence-electron chi connectivity index (χ3n) is 8.17. The van der Waals surface area contributed by atoms with Gasteiger partial charge in [-0.2, -0.15) is 8.42 Å². The molecule has 0 spiro atoms. The topological polar surface area (TPSA) is 120 Å². The van der Waals surface area contributed by atoms with Gasteiger partial charge in [-0.3, -0.25) is 4.79 Å². The molecule has 3 aromatic rings. The zero-order valence-corrected chi connectivity index (χ0v) is 23.1. The maximum absolute atomic E-state index is 12.3. The number of nitrogen functional groups attached to an aromatic ring is 1. The van der Waals surface area contributed by atoms with Gasteiger partial charge in [-0.05, 0) is 43.5 Å². The van der Waals surface area contributed by atoms with Crippen LogP contribution in [0.2, 0.25) is 0 Å². The van der Waals surface area contributed by atoms with Gasteiger partial charge in [-0.15, -0.1) is 0 Å². The number of anilines is 2. The van der Waals surface area contributed by atoms with Crippen LogP contribution in [0, 0.1) is 6.92 Å². The van der Waals surface area contributed by atoms with Crippen LogP contribution in [0.5, 0.6) is 0 Å². The molecule has 2 aromatic heterocycles. The number of hydrogen-bond donors (Lipinski definition) is 3. The minimum atomic E-state index is -2.54. The van der Waals surface area contributed by atoms with E-state index in [-0.39, 0.29) is 15.8 Å². The van der Waals surface area contributed by atoms with E-state index in [1.54, 1.807) is 6.92 Å². The number of allylic oxidation sites excluding steroid dienone is 1. The van der Waals surface area contributed by atoms with Crippen molar-refractivity contribution in [3.8, 4) is 11.3 Å². The van der Waals surface area contributed by atoms with Crippen LogP contribution >= 0.6 is 0 Å². The Bertz CT molecular complexity index is 1550. The molecule has 200 valence electrons. The van der Waals surface area contributed by atoms with Gasteiger partial charge in [0, 0.05) is 55.1 Å². The van der Waals surface area contributed by atoms with E-state index in [1.165, 1.54) is 6.33 Å². The molecule has 1 amide bonds. The Kier molecular flexibility index (Phi) is 6.87. The molecular weight excluding hydrogens is 500 g/mol. The summed E-state index contributed by atoms with van der Waals surface area (Å²) in [5.41, 5.74) is 13.4. The number of carbonyl (C=O) groups excluding carboxylic acids is 1. The van der Waals surface area contributed by atoms with Crippen LogP contribution < -0.4 is 11.1 Å². The van der Waals surface area contributed by atoms with E-state index < -0.39 is 10.9 Å². The summed E-state index contributed by atoms with van der Waals surface area (Å²) in [6, 6.07) is 5.91. The van der Waals surface area contributed by atoms with Crippen molar-refractivity contribution in [1.82, 2.24) is 14.5 Å². The van der Waals surface area contributed by atoms with Crippen molar-refractivity contribution in [3.05, 3.63) is 53.9 Å². The number of fused-ring (bicyclic) bond motifs is 1. The predicted molar refractivity (Wildman–Crippen MR) is 152 cm³/mol. The number of amides is 1. The summed E-state index contributed by atoms with van der Waals surface area (Å²) in [6.45, 7) is 8.82. The molecule has 0 saturated carbocycles. The lowest BCUT2D eigenvalue weighted by atomic mass is 9.87. The van der Waals surface area contributed by atoms with E-state index in [9.17, 15) is 13.2 Å². The van der Waals surface area contributed by atoms with E-state index in [1.807, 2.05) is 36.7 Å². The van der Waals surface area contributed by atoms with Crippen LogP contribution in [0.25, 0.3) is 27.9 Å². The number of hydrogen-bond acceptors (Lipinski definition) is 6. The summed E-state index contributed by atoms with van der Waals surface area (Å²) in [5.74, 6) is 0.203. The van der Waals surface area contributed by atoms with Crippen LogP contribution in [0.1, 0.15) is 50.2 Å². The molecule has 38 heavy (non-hydrogen) atoms. The highest BCUT2D eigenvalue weighted by Gasteiger charge is 2.43. The molecule has 0 unspecified atom stereocenters. The van der Waals surface area contributed by atoms with Crippen LogP contribution in [-0.4, -0.2) is 51.9 Å². The molecular formula is C28H35N6O3S+. The summed E-state index contributed by atoms with van der Waals surface area (Å²) in [7, 11) is -0.564. The van der Waals surface area contributed by atoms with Crippen LogP contribution in [0.15, 0.2) is 42.8 Å². The largest absolute Gasteiger partial charge is 0.383 e. The maximum atomic E-state index is 12.3. The first-order valence-corrected chi connectivity index (χ1v) is 14.1. The number of nitrogens with one attached hydrogen (secondary N) is 1. The van der Waals surface area contributed by atoms with Crippen molar-refractivity contribution >= 4 is 44.9 Å². The van der Waals surface area contributed by atoms with Gasteiger partial charge >= 0.3 is 0 Å². The van der Waals surface area contributed by atoms with Gasteiger partial charge in [0.15, 0.2) is 0 Å². The molecule has 1 fully saturated rings. The second-order valence-corrected chi connectivity index (χ2v) is 11.8.